The number of carboxylic acid groups (broad SMARTS) is 1. The Morgan fingerprint density at radius 2 is 2.12 bits per heavy atom. The van der Waals surface area contributed by atoms with Crippen LogP contribution in [0.2, 0.25) is 0 Å². The van der Waals surface area contributed by atoms with Crippen LogP contribution in [-0.2, 0) is 4.79 Å². The third kappa shape index (κ3) is 2.63. The van der Waals surface area contributed by atoms with Crippen molar-refractivity contribution in [2.45, 2.75) is 13.0 Å². The number of hydrogen-bond acceptors (Lipinski definition) is 3. The smallest absolute Gasteiger partial charge is 0.325 e. The van der Waals surface area contributed by atoms with Crippen LogP contribution >= 0.6 is 0 Å². The van der Waals surface area contributed by atoms with Gasteiger partial charge >= 0.3 is 5.97 Å². The molecule has 2 N–H and O–H groups in total. The van der Waals surface area contributed by atoms with E-state index in [2.05, 4.69) is 10.4 Å². The number of para-hydroxylation sites is 1. The number of rotatable bonds is 4. The molecule has 0 saturated carbocycles. The van der Waals surface area contributed by atoms with Crippen molar-refractivity contribution < 1.29 is 9.90 Å². The van der Waals surface area contributed by atoms with Crippen molar-refractivity contribution in [3.8, 4) is 5.69 Å². The lowest BCUT2D eigenvalue weighted by Crippen LogP contribution is -2.25. The molecule has 0 saturated heterocycles. The number of hydrogen-bond donors (Lipinski definition) is 2. The summed E-state index contributed by atoms with van der Waals surface area (Å²) < 4.78 is 1.69. The molecule has 5 nitrogen and oxygen atoms in total. The van der Waals surface area contributed by atoms with Crippen LogP contribution in [0.3, 0.4) is 0 Å². The molecule has 17 heavy (non-hydrogen) atoms. The summed E-state index contributed by atoms with van der Waals surface area (Å²) in [5.74, 6) is -0.891. The number of nitrogens with one attached hydrogen (secondary N) is 1. The molecule has 1 aromatic heterocycles. The normalized spacial score (nSPS) is 12.1. The highest BCUT2D eigenvalue weighted by molar-refractivity contribution is 5.76. The van der Waals surface area contributed by atoms with Gasteiger partial charge in [0.25, 0.3) is 0 Å². The molecule has 0 aliphatic rings. The molecule has 0 spiro atoms. The first-order chi connectivity index (χ1) is 8.16. The van der Waals surface area contributed by atoms with Crippen LogP contribution in [0, 0.1) is 0 Å². The van der Waals surface area contributed by atoms with Crippen LogP contribution in [0.1, 0.15) is 6.92 Å². The van der Waals surface area contributed by atoms with E-state index in [0.717, 1.165) is 5.69 Å². The summed E-state index contributed by atoms with van der Waals surface area (Å²) in [6, 6.07) is 8.99. The molecule has 2 aromatic rings. The van der Waals surface area contributed by atoms with Gasteiger partial charge < -0.3 is 10.4 Å². The minimum absolute atomic E-state index is 0.636. The Bertz CT molecular complexity index is 507. The van der Waals surface area contributed by atoms with Crippen molar-refractivity contribution in [3.05, 3.63) is 42.7 Å². The quantitative estimate of drug-likeness (QED) is 0.841. The fourth-order valence-corrected chi connectivity index (χ4v) is 1.43. The van der Waals surface area contributed by atoms with Gasteiger partial charge in [-0.05, 0) is 19.1 Å². The van der Waals surface area contributed by atoms with Gasteiger partial charge in [0.1, 0.15) is 6.04 Å². The topological polar surface area (TPSA) is 67.2 Å². The second-order valence-electron chi connectivity index (χ2n) is 3.71. The lowest BCUT2D eigenvalue weighted by atomic mass is 10.3. The van der Waals surface area contributed by atoms with Crippen LogP contribution in [-0.4, -0.2) is 26.9 Å². The van der Waals surface area contributed by atoms with Gasteiger partial charge in [-0.1, -0.05) is 18.2 Å². The molecular formula is C12H13N3O2. The van der Waals surface area contributed by atoms with Crippen LogP contribution in [0.5, 0.6) is 0 Å². The first kappa shape index (κ1) is 11.2. The number of carboxylic acids is 1. The van der Waals surface area contributed by atoms with Gasteiger partial charge in [0, 0.05) is 0 Å². The van der Waals surface area contributed by atoms with Gasteiger partial charge in [-0.3, -0.25) is 4.79 Å². The predicted octanol–water partition coefficient (Wildman–Crippen LogP) is 1.76. The number of anilines is 1. The zero-order chi connectivity index (χ0) is 12.3. The molecule has 88 valence electrons. The average Bonchev–Trinajstić information content (AvgIpc) is 2.78. The highest BCUT2D eigenvalue weighted by atomic mass is 16.4. The van der Waals surface area contributed by atoms with E-state index in [4.69, 9.17) is 5.11 Å². The Balaban J connectivity index is 2.14. The summed E-state index contributed by atoms with van der Waals surface area (Å²) in [5, 5.41) is 15.8. The summed E-state index contributed by atoms with van der Waals surface area (Å²) in [6.07, 6.45) is 3.36. The molecule has 0 bridgehead atoms. The standard InChI is InChI=1S/C12H13N3O2/c1-9(12(16)17)14-10-7-13-15(8-10)11-5-3-2-4-6-11/h2-9,14H,1H3,(H,16,17). The summed E-state index contributed by atoms with van der Waals surface area (Å²) >= 11 is 0. The maximum absolute atomic E-state index is 10.7. The van der Waals surface area contributed by atoms with Gasteiger partial charge in [-0.15, -0.1) is 0 Å². The van der Waals surface area contributed by atoms with E-state index in [1.165, 1.54) is 0 Å². The molecular weight excluding hydrogens is 218 g/mol. The summed E-state index contributed by atoms with van der Waals surface area (Å²) in [5.41, 5.74) is 1.62. The molecule has 1 atom stereocenters. The molecule has 1 aromatic carbocycles. The Hall–Kier alpha value is -2.30. The first-order valence-electron chi connectivity index (χ1n) is 5.26. The second-order valence-corrected chi connectivity index (χ2v) is 3.71. The van der Waals surface area contributed by atoms with Gasteiger partial charge in [-0.25, -0.2) is 4.68 Å². The van der Waals surface area contributed by atoms with Crippen LogP contribution in [0.15, 0.2) is 42.7 Å². The van der Waals surface area contributed by atoms with Gasteiger partial charge in [0.2, 0.25) is 0 Å². The highest BCUT2D eigenvalue weighted by Crippen LogP contribution is 2.12. The third-order valence-corrected chi connectivity index (χ3v) is 2.36. The second kappa shape index (κ2) is 4.69. The molecule has 1 unspecified atom stereocenters. The molecule has 2 rings (SSSR count). The van der Waals surface area contributed by atoms with Crippen molar-refractivity contribution in [2.75, 3.05) is 5.32 Å². The van der Waals surface area contributed by atoms with E-state index in [-0.39, 0.29) is 0 Å². The lowest BCUT2D eigenvalue weighted by Gasteiger charge is -2.07. The molecule has 0 aliphatic carbocycles. The fraction of sp³-hybridized carbons (Fsp3) is 0.167. The minimum Gasteiger partial charge on any atom is -0.480 e. The number of benzene rings is 1. The van der Waals surface area contributed by atoms with E-state index in [9.17, 15) is 4.79 Å². The summed E-state index contributed by atoms with van der Waals surface area (Å²) in [7, 11) is 0. The van der Waals surface area contributed by atoms with Crippen LogP contribution in [0.25, 0.3) is 5.69 Å². The summed E-state index contributed by atoms with van der Waals surface area (Å²) in [4.78, 5) is 10.7. The largest absolute Gasteiger partial charge is 0.480 e. The minimum atomic E-state index is -0.891. The molecule has 5 heteroatoms. The molecule has 0 radical (unpaired) electrons. The number of carbonyl (C=O) groups is 1. The van der Waals surface area contributed by atoms with E-state index in [0.29, 0.717) is 5.69 Å². The first-order valence-corrected chi connectivity index (χ1v) is 5.26. The number of aromatic nitrogens is 2. The van der Waals surface area contributed by atoms with Crippen LogP contribution < -0.4 is 5.32 Å². The van der Waals surface area contributed by atoms with Crippen LogP contribution in [0.4, 0.5) is 5.69 Å². The maximum Gasteiger partial charge on any atom is 0.325 e. The van der Waals surface area contributed by atoms with E-state index >= 15 is 0 Å². The van der Waals surface area contributed by atoms with Crippen molar-refractivity contribution in [1.82, 2.24) is 9.78 Å². The molecule has 0 fully saturated rings. The Morgan fingerprint density at radius 1 is 1.41 bits per heavy atom. The molecule has 1 heterocycles. The zero-order valence-corrected chi connectivity index (χ0v) is 9.37. The van der Waals surface area contributed by atoms with Gasteiger partial charge in [0.05, 0.1) is 23.8 Å². The van der Waals surface area contributed by atoms with Gasteiger partial charge in [-0.2, -0.15) is 5.10 Å². The van der Waals surface area contributed by atoms with E-state index in [1.54, 1.807) is 24.0 Å². The molecule has 0 amide bonds. The Kier molecular flexibility index (Phi) is 3.09. The average molecular weight is 231 g/mol. The lowest BCUT2D eigenvalue weighted by molar-refractivity contribution is -0.137. The highest BCUT2D eigenvalue weighted by Gasteiger charge is 2.11. The number of aliphatic carboxylic acids is 1. The van der Waals surface area contributed by atoms with E-state index in [1.807, 2.05) is 30.3 Å². The van der Waals surface area contributed by atoms with Crippen molar-refractivity contribution in [2.24, 2.45) is 0 Å². The van der Waals surface area contributed by atoms with Crippen molar-refractivity contribution in [3.63, 3.8) is 0 Å². The van der Waals surface area contributed by atoms with E-state index < -0.39 is 12.0 Å². The third-order valence-electron chi connectivity index (χ3n) is 2.36. The predicted molar refractivity (Wildman–Crippen MR) is 64.3 cm³/mol. The van der Waals surface area contributed by atoms with Gasteiger partial charge in [0.15, 0.2) is 0 Å². The molecule has 0 aliphatic heterocycles. The Labute approximate surface area is 98.7 Å². The SMILES string of the molecule is CC(Nc1cnn(-c2ccccc2)c1)C(=O)O. The fourth-order valence-electron chi connectivity index (χ4n) is 1.43. The number of nitrogens with zero attached hydrogens (tertiary/aromatic N) is 2. The maximum atomic E-state index is 10.7. The van der Waals surface area contributed by atoms with Crippen molar-refractivity contribution >= 4 is 11.7 Å². The Morgan fingerprint density at radius 3 is 2.76 bits per heavy atom. The monoisotopic (exact) mass is 231 g/mol. The van der Waals surface area contributed by atoms with Crippen molar-refractivity contribution in [1.29, 1.82) is 0 Å². The summed E-state index contributed by atoms with van der Waals surface area (Å²) in [6.45, 7) is 1.59. The zero-order valence-electron chi connectivity index (χ0n) is 9.37.